The second-order valence-electron chi connectivity index (χ2n) is 7.64. The number of hydrogen-bond donors (Lipinski definition) is 0. The number of ether oxygens (including phenoxy) is 2. The van der Waals surface area contributed by atoms with Gasteiger partial charge in [0.1, 0.15) is 11.4 Å². The molecule has 0 bridgehead atoms. The first kappa shape index (κ1) is 24.6. The van der Waals surface area contributed by atoms with Gasteiger partial charge in [0.15, 0.2) is 0 Å². The molecule has 0 atom stereocenters. The lowest BCUT2D eigenvalue weighted by atomic mass is 10.0. The Labute approximate surface area is 223 Å². The fourth-order valence-corrected chi connectivity index (χ4v) is 5.02. The van der Waals surface area contributed by atoms with Crippen molar-refractivity contribution in [2.24, 2.45) is 0 Å². The van der Waals surface area contributed by atoms with Gasteiger partial charge in [0.25, 0.3) is 0 Å². The van der Waals surface area contributed by atoms with Crippen molar-refractivity contribution in [1.82, 2.24) is 10.3 Å². The van der Waals surface area contributed by atoms with Gasteiger partial charge < -0.3 is 18.5 Å². The van der Waals surface area contributed by atoms with E-state index in [1.54, 1.807) is 36.4 Å². The first-order chi connectivity index (χ1) is 17.4. The molecule has 0 unspecified atom stereocenters. The molecule has 0 radical (unpaired) electrons. The predicted octanol–water partition coefficient (Wildman–Crippen LogP) is 6.72. The molecule has 36 heavy (non-hydrogen) atoms. The predicted molar refractivity (Wildman–Crippen MR) is 132 cm³/mol. The third kappa shape index (κ3) is 4.46. The number of hydrogen-bond acceptors (Lipinski definition) is 8. The molecule has 2 aliphatic heterocycles. The number of fused-ring (bicyclic) bond motifs is 2. The van der Waals surface area contributed by atoms with Crippen molar-refractivity contribution in [3.63, 3.8) is 0 Å². The Kier molecular flexibility index (Phi) is 6.94. The highest BCUT2D eigenvalue weighted by molar-refractivity contribution is 6.39. The Morgan fingerprint density at radius 1 is 0.611 bits per heavy atom. The van der Waals surface area contributed by atoms with Crippen LogP contribution in [0.25, 0.3) is 22.5 Å². The van der Waals surface area contributed by atoms with Crippen LogP contribution < -0.4 is 0 Å². The van der Waals surface area contributed by atoms with E-state index in [2.05, 4.69) is 10.3 Å². The van der Waals surface area contributed by atoms with Crippen LogP contribution in [0.15, 0.2) is 45.4 Å². The van der Waals surface area contributed by atoms with Crippen molar-refractivity contribution < 1.29 is 28.1 Å². The Bertz CT molecular complexity index is 1340. The summed E-state index contributed by atoms with van der Waals surface area (Å²) in [6.07, 6.45) is 1.09. The summed E-state index contributed by atoms with van der Waals surface area (Å²) in [4.78, 5) is 23.0. The van der Waals surface area contributed by atoms with Crippen molar-refractivity contribution >= 4 is 58.3 Å². The lowest BCUT2D eigenvalue weighted by Crippen LogP contribution is -2.16. The van der Waals surface area contributed by atoms with E-state index >= 15 is 0 Å². The summed E-state index contributed by atoms with van der Waals surface area (Å²) < 4.78 is 19.8. The smallest absolute Gasteiger partial charge is 0.377 e. The number of cyclic esters (lactones) is 2. The molecule has 2 aromatic heterocycles. The molecule has 6 rings (SSSR count). The average molecular weight is 568 g/mol. The molecule has 4 aromatic rings. The average Bonchev–Trinajstić information content (AvgIpc) is 3.46. The van der Waals surface area contributed by atoms with Crippen LogP contribution >= 0.6 is 46.4 Å². The minimum Gasteiger partial charge on any atom is -0.459 e. The van der Waals surface area contributed by atoms with E-state index in [-0.39, 0.29) is 11.5 Å². The normalized spacial score (nSPS) is 14.2. The molecule has 0 amide bonds. The van der Waals surface area contributed by atoms with Crippen molar-refractivity contribution in [3.8, 4) is 22.5 Å². The summed E-state index contributed by atoms with van der Waals surface area (Å²) in [5, 5.41) is 9.67. The van der Waals surface area contributed by atoms with E-state index in [0.29, 0.717) is 79.8 Å². The summed E-state index contributed by atoms with van der Waals surface area (Å²) in [6.45, 7) is 0.615. The van der Waals surface area contributed by atoms with E-state index in [0.717, 1.165) is 0 Å². The van der Waals surface area contributed by atoms with Gasteiger partial charge in [0.2, 0.25) is 11.5 Å². The SMILES string of the molecule is O=C1OCCc2c(-c3c(Cl)cccc3Cl)noc21.O=C1OCCc2c(-c3c(Cl)cccc3Cl)noc21. The third-order valence-electron chi connectivity index (χ3n) is 5.52. The van der Waals surface area contributed by atoms with Crippen molar-refractivity contribution in [2.45, 2.75) is 12.8 Å². The molecule has 12 heteroatoms. The van der Waals surface area contributed by atoms with Crippen molar-refractivity contribution in [3.05, 3.63) is 79.1 Å². The molecule has 0 N–H and O–H groups in total. The Morgan fingerprint density at radius 2 is 0.972 bits per heavy atom. The van der Waals surface area contributed by atoms with Crippen LogP contribution in [0.1, 0.15) is 32.2 Å². The van der Waals surface area contributed by atoms with Crippen LogP contribution in [0.4, 0.5) is 0 Å². The summed E-state index contributed by atoms with van der Waals surface area (Å²) in [5.74, 6) is -0.740. The van der Waals surface area contributed by atoms with Crippen molar-refractivity contribution in [2.75, 3.05) is 13.2 Å². The molecule has 0 saturated carbocycles. The second kappa shape index (κ2) is 10.1. The fourth-order valence-electron chi connectivity index (χ4n) is 3.87. The zero-order valence-electron chi connectivity index (χ0n) is 18.1. The summed E-state index contributed by atoms with van der Waals surface area (Å²) >= 11 is 24.5. The highest BCUT2D eigenvalue weighted by Crippen LogP contribution is 2.39. The minimum absolute atomic E-state index is 0.132. The molecule has 0 fully saturated rings. The maximum Gasteiger partial charge on any atom is 0.377 e. The number of aromatic nitrogens is 2. The number of nitrogens with zero attached hydrogens (tertiary/aromatic N) is 2. The third-order valence-corrected chi connectivity index (χ3v) is 6.78. The maximum absolute atomic E-state index is 11.5. The highest BCUT2D eigenvalue weighted by atomic mass is 35.5. The maximum atomic E-state index is 11.5. The fraction of sp³-hybridized carbons (Fsp3) is 0.167. The quantitative estimate of drug-likeness (QED) is 0.246. The largest absolute Gasteiger partial charge is 0.459 e. The molecule has 8 nitrogen and oxygen atoms in total. The van der Waals surface area contributed by atoms with Gasteiger partial charge in [-0.1, -0.05) is 68.8 Å². The topological polar surface area (TPSA) is 105 Å². The van der Waals surface area contributed by atoms with Gasteiger partial charge in [-0.15, -0.1) is 0 Å². The van der Waals surface area contributed by atoms with Crippen LogP contribution in [0, 0.1) is 0 Å². The van der Waals surface area contributed by atoms with Crippen LogP contribution in [0.5, 0.6) is 0 Å². The summed E-state index contributed by atoms with van der Waals surface area (Å²) in [6, 6.07) is 10.3. The molecular formula is C24H14Cl4N2O6. The van der Waals surface area contributed by atoms with E-state index < -0.39 is 11.9 Å². The van der Waals surface area contributed by atoms with Crippen LogP contribution in [-0.2, 0) is 22.3 Å². The van der Waals surface area contributed by atoms with Gasteiger partial charge in [0.05, 0.1) is 33.3 Å². The number of carbonyl (C=O) groups excluding carboxylic acids is 2. The number of esters is 2. The van der Waals surface area contributed by atoms with E-state index in [1.165, 1.54) is 0 Å². The number of rotatable bonds is 2. The van der Waals surface area contributed by atoms with Crippen LogP contribution in [0.3, 0.4) is 0 Å². The van der Waals surface area contributed by atoms with Gasteiger partial charge in [-0.3, -0.25) is 0 Å². The van der Waals surface area contributed by atoms with E-state index in [4.69, 9.17) is 64.9 Å². The number of carbonyl (C=O) groups is 2. The van der Waals surface area contributed by atoms with Crippen LogP contribution in [0.2, 0.25) is 20.1 Å². The monoisotopic (exact) mass is 566 g/mol. The summed E-state index contributed by atoms with van der Waals surface area (Å²) in [7, 11) is 0. The standard InChI is InChI=1S/2C12H7Cl2NO3/c2*13-7-2-1-3-8(14)9(7)10-6-4-5-17-12(16)11(6)18-15-10/h2*1-3H,4-5H2. The second-order valence-corrected chi connectivity index (χ2v) is 9.27. The van der Waals surface area contributed by atoms with Gasteiger partial charge in [-0.2, -0.15) is 0 Å². The van der Waals surface area contributed by atoms with E-state index in [1.807, 2.05) is 0 Å². The van der Waals surface area contributed by atoms with Crippen molar-refractivity contribution in [1.29, 1.82) is 0 Å². The Hall–Kier alpha value is -3.04. The zero-order valence-corrected chi connectivity index (χ0v) is 21.2. The molecule has 184 valence electrons. The minimum atomic E-state index is -0.502. The molecule has 4 heterocycles. The highest BCUT2D eigenvalue weighted by Gasteiger charge is 2.31. The van der Waals surface area contributed by atoms with Gasteiger partial charge in [-0.25, -0.2) is 9.59 Å². The molecule has 0 saturated heterocycles. The first-order valence-electron chi connectivity index (χ1n) is 10.6. The molecule has 0 aliphatic carbocycles. The molecule has 2 aliphatic rings. The number of halogens is 4. The van der Waals surface area contributed by atoms with Crippen LogP contribution in [-0.4, -0.2) is 35.5 Å². The first-order valence-corrected chi connectivity index (χ1v) is 12.1. The molecule has 0 spiro atoms. The Balaban J connectivity index is 0.000000148. The molecule has 2 aromatic carbocycles. The lowest BCUT2D eigenvalue weighted by Gasteiger charge is -2.11. The summed E-state index contributed by atoms with van der Waals surface area (Å²) in [5.41, 5.74) is 3.58. The van der Waals surface area contributed by atoms with E-state index in [9.17, 15) is 9.59 Å². The zero-order chi connectivity index (χ0) is 25.4. The molecular weight excluding hydrogens is 554 g/mol. The lowest BCUT2D eigenvalue weighted by molar-refractivity contribution is 0.0420. The van der Waals surface area contributed by atoms with Gasteiger partial charge >= 0.3 is 11.9 Å². The number of benzene rings is 2. The van der Waals surface area contributed by atoms with Gasteiger partial charge in [0, 0.05) is 35.1 Å². The Morgan fingerprint density at radius 3 is 1.33 bits per heavy atom. The van der Waals surface area contributed by atoms with Gasteiger partial charge in [-0.05, 0) is 24.3 Å².